The Hall–Kier alpha value is -1.71. The van der Waals surface area contributed by atoms with Crippen LogP contribution in [0.4, 0.5) is 5.69 Å². The molecule has 0 spiro atoms. The summed E-state index contributed by atoms with van der Waals surface area (Å²) in [6, 6.07) is 3.27. The van der Waals surface area contributed by atoms with E-state index in [0.717, 1.165) is 6.26 Å². The molecule has 0 radical (unpaired) electrons. The van der Waals surface area contributed by atoms with Gasteiger partial charge in [0.1, 0.15) is 6.61 Å². The van der Waals surface area contributed by atoms with Crippen molar-refractivity contribution in [1.82, 2.24) is 9.71 Å². The van der Waals surface area contributed by atoms with Gasteiger partial charge in [-0.05, 0) is 6.07 Å². The predicted molar refractivity (Wildman–Crippen MR) is 77.7 cm³/mol. The first-order chi connectivity index (χ1) is 9.90. The van der Waals surface area contributed by atoms with E-state index in [0.29, 0.717) is 24.8 Å². The lowest BCUT2D eigenvalue weighted by molar-refractivity contribution is -0.116. The minimum Gasteiger partial charge on any atom is -0.475 e. The number of methoxy groups -OCH3 is 1. The predicted octanol–water partition coefficient (Wildman–Crippen LogP) is -0.0154. The molecule has 118 valence electrons. The van der Waals surface area contributed by atoms with E-state index in [1.165, 1.54) is 6.20 Å². The highest BCUT2D eigenvalue weighted by molar-refractivity contribution is 7.88. The number of aromatic nitrogens is 1. The fraction of sp³-hybridized carbons (Fsp3) is 0.500. The fourth-order valence-corrected chi connectivity index (χ4v) is 1.82. The largest absolute Gasteiger partial charge is 0.475 e. The fourth-order valence-electron chi connectivity index (χ4n) is 1.34. The van der Waals surface area contributed by atoms with Crippen molar-refractivity contribution in [2.75, 3.05) is 38.4 Å². The Kier molecular flexibility index (Phi) is 7.06. The lowest BCUT2D eigenvalue weighted by Crippen LogP contribution is -2.26. The number of nitrogens with one attached hydrogen (secondary N) is 2. The second kappa shape index (κ2) is 8.55. The Labute approximate surface area is 123 Å². The molecule has 0 bridgehead atoms. The number of amides is 1. The first-order valence-electron chi connectivity index (χ1n) is 6.23. The third-order valence-electron chi connectivity index (χ3n) is 2.27. The van der Waals surface area contributed by atoms with Crippen molar-refractivity contribution in [1.29, 1.82) is 0 Å². The summed E-state index contributed by atoms with van der Waals surface area (Å²) in [5.41, 5.74) is 0.512. The first kappa shape index (κ1) is 17.3. The van der Waals surface area contributed by atoms with Gasteiger partial charge in [0.15, 0.2) is 0 Å². The van der Waals surface area contributed by atoms with Crippen molar-refractivity contribution in [3.05, 3.63) is 18.3 Å². The zero-order valence-corrected chi connectivity index (χ0v) is 12.8. The van der Waals surface area contributed by atoms with Crippen LogP contribution in [0.1, 0.15) is 6.42 Å². The van der Waals surface area contributed by atoms with Gasteiger partial charge in [0.05, 0.1) is 24.7 Å². The highest BCUT2D eigenvalue weighted by atomic mass is 32.2. The maximum absolute atomic E-state index is 11.6. The van der Waals surface area contributed by atoms with Crippen LogP contribution in [-0.4, -0.2) is 52.4 Å². The SMILES string of the molecule is COCCOc1ccc(NC(=O)CCNS(C)(=O)=O)cn1. The van der Waals surface area contributed by atoms with Crippen molar-refractivity contribution in [3.63, 3.8) is 0 Å². The Bertz CT molecular complexity index is 545. The van der Waals surface area contributed by atoms with Crippen molar-refractivity contribution < 1.29 is 22.7 Å². The van der Waals surface area contributed by atoms with Crippen molar-refractivity contribution in [2.24, 2.45) is 0 Å². The molecule has 8 nitrogen and oxygen atoms in total. The zero-order valence-electron chi connectivity index (χ0n) is 12.0. The van der Waals surface area contributed by atoms with E-state index in [1.807, 2.05) is 0 Å². The minimum atomic E-state index is -3.28. The van der Waals surface area contributed by atoms with E-state index in [-0.39, 0.29) is 18.9 Å². The highest BCUT2D eigenvalue weighted by Crippen LogP contribution is 2.11. The molecule has 1 rings (SSSR count). The van der Waals surface area contributed by atoms with Gasteiger partial charge in [0.25, 0.3) is 0 Å². The molecule has 0 atom stereocenters. The molecule has 2 N–H and O–H groups in total. The highest BCUT2D eigenvalue weighted by Gasteiger charge is 2.05. The van der Waals surface area contributed by atoms with Crippen molar-refractivity contribution in [2.45, 2.75) is 6.42 Å². The number of sulfonamides is 1. The molecule has 1 aromatic rings. The van der Waals surface area contributed by atoms with Crippen LogP contribution in [0.5, 0.6) is 5.88 Å². The van der Waals surface area contributed by atoms with Crippen LogP contribution < -0.4 is 14.8 Å². The molecule has 0 aromatic carbocycles. The molecular formula is C12H19N3O5S. The van der Waals surface area contributed by atoms with E-state index in [1.54, 1.807) is 19.2 Å². The molecule has 9 heteroatoms. The molecule has 0 fully saturated rings. The Morgan fingerprint density at radius 3 is 2.67 bits per heavy atom. The van der Waals surface area contributed by atoms with E-state index in [4.69, 9.17) is 9.47 Å². The van der Waals surface area contributed by atoms with Crippen LogP contribution in [0.2, 0.25) is 0 Å². The second-order valence-corrected chi connectivity index (χ2v) is 6.02. The van der Waals surface area contributed by atoms with Gasteiger partial charge < -0.3 is 14.8 Å². The Morgan fingerprint density at radius 2 is 2.10 bits per heavy atom. The first-order valence-corrected chi connectivity index (χ1v) is 8.12. The van der Waals surface area contributed by atoms with Crippen LogP contribution in [0.25, 0.3) is 0 Å². The number of carbonyl (C=O) groups is 1. The van der Waals surface area contributed by atoms with Crippen LogP contribution >= 0.6 is 0 Å². The van der Waals surface area contributed by atoms with Gasteiger partial charge in [0, 0.05) is 26.1 Å². The second-order valence-electron chi connectivity index (χ2n) is 4.19. The molecule has 1 amide bonds. The third kappa shape index (κ3) is 8.23. The summed E-state index contributed by atoms with van der Waals surface area (Å²) in [5.74, 6) is 0.129. The van der Waals surface area contributed by atoms with Crippen LogP contribution in [0.3, 0.4) is 0 Å². The lowest BCUT2D eigenvalue weighted by Gasteiger charge is -2.07. The average Bonchev–Trinajstić information content (AvgIpc) is 2.39. The smallest absolute Gasteiger partial charge is 0.225 e. The van der Waals surface area contributed by atoms with Gasteiger partial charge in [-0.3, -0.25) is 4.79 Å². The lowest BCUT2D eigenvalue weighted by atomic mass is 10.3. The molecule has 21 heavy (non-hydrogen) atoms. The quantitative estimate of drug-likeness (QED) is 0.620. The average molecular weight is 317 g/mol. The molecule has 0 saturated heterocycles. The zero-order chi connectivity index (χ0) is 15.7. The summed E-state index contributed by atoms with van der Waals surface area (Å²) in [4.78, 5) is 15.6. The van der Waals surface area contributed by atoms with E-state index >= 15 is 0 Å². The van der Waals surface area contributed by atoms with Gasteiger partial charge in [-0.15, -0.1) is 0 Å². The number of anilines is 1. The monoisotopic (exact) mass is 317 g/mol. The molecule has 0 saturated carbocycles. The third-order valence-corrected chi connectivity index (χ3v) is 3.00. The summed E-state index contributed by atoms with van der Waals surface area (Å²) in [5, 5.41) is 2.61. The molecule has 0 aliphatic heterocycles. The summed E-state index contributed by atoms with van der Waals surface area (Å²) in [6.45, 7) is 0.913. The van der Waals surface area contributed by atoms with Crippen molar-refractivity contribution in [3.8, 4) is 5.88 Å². The van der Waals surface area contributed by atoms with Crippen LogP contribution in [-0.2, 0) is 19.6 Å². The molecule has 0 aliphatic rings. The van der Waals surface area contributed by atoms with Gasteiger partial charge in [-0.2, -0.15) is 0 Å². The van der Waals surface area contributed by atoms with E-state index in [2.05, 4.69) is 15.0 Å². The minimum absolute atomic E-state index is 0.0408. The summed E-state index contributed by atoms with van der Waals surface area (Å²) < 4.78 is 34.0. The number of hydrogen-bond acceptors (Lipinski definition) is 6. The van der Waals surface area contributed by atoms with Gasteiger partial charge in [0.2, 0.25) is 21.8 Å². The van der Waals surface area contributed by atoms with Gasteiger partial charge in [-0.25, -0.2) is 18.1 Å². The van der Waals surface area contributed by atoms with Crippen molar-refractivity contribution >= 4 is 21.6 Å². The molecule has 0 aliphatic carbocycles. The summed E-state index contributed by atoms with van der Waals surface area (Å²) >= 11 is 0. The van der Waals surface area contributed by atoms with E-state index in [9.17, 15) is 13.2 Å². The summed E-state index contributed by atoms with van der Waals surface area (Å²) in [6.07, 6.45) is 2.54. The van der Waals surface area contributed by atoms with Crippen LogP contribution in [0.15, 0.2) is 18.3 Å². The number of ether oxygens (including phenoxy) is 2. The number of nitrogens with zero attached hydrogens (tertiary/aromatic N) is 1. The van der Waals surface area contributed by atoms with Gasteiger partial charge in [-0.1, -0.05) is 0 Å². The molecular weight excluding hydrogens is 298 g/mol. The maximum Gasteiger partial charge on any atom is 0.225 e. The molecule has 0 unspecified atom stereocenters. The number of hydrogen-bond donors (Lipinski definition) is 2. The summed E-state index contributed by atoms with van der Waals surface area (Å²) in [7, 11) is -1.70. The molecule has 1 aromatic heterocycles. The topological polar surface area (TPSA) is 107 Å². The standard InChI is InChI=1S/C12H19N3O5S/c1-19-7-8-20-12-4-3-10(9-13-12)15-11(16)5-6-14-21(2,17)18/h3-4,9,14H,5-8H2,1-2H3,(H,15,16). The van der Waals surface area contributed by atoms with E-state index < -0.39 is 10.0 Å². The molecule has 1 heterocycles. The van der Waals surface area contributed by atoms with Crippen LogP contribution in [0, 0.1) is 0 Å². The Morgan fingerprint density at radius 1 is 1.33 bits per heavy atom. The number of pyridine rings is 1. The Balaban J connectivity index is 2.35. The van der Waals surface area contributed by atoms with Gasteiger partial charge >= 0.3 is 0 Å². The maximum atomic E-state index is 11.6. The number of rotatable bonds is 9. The number of carbonyl (C=O) groups excluding carboxylic acids is 1. The normalized spacial score (nSPS) is 11.1.